The van der Waals surface area contributed by atoms with Crippen molar-refractivity contribution in [3.05, 3.63) is 22.7 Å². The molecule has 92 valence electrons. The maximum absolute atomic E-state index is 11.9. The first-order valence-corrected chi connectivity index (χ1v) is 7.23. The van der Waals surface area contributed by atoms with E-state index in [2.05, 4.69) is 26.6 Å². The number of unbranched alkanes of at least 4 members (excludes halogenated alkanes) is 1. The van der Waals surface area contributed by atoms with Crippen LogP contribution in [0.15, 0.2) is 27.6 Å². The van der Waals surface area contributed by atoms with Gasteiger partial charge in [0.05, 0.1) is 5.69 Å². The molecule has 0 amide bonds. The minimum absolute atomic E-state index is 0.0846. The zero-order chi connectivity index (χ0) is 12.9. The van der Waals surface area contributed by atoms with Crippen molar-refractivity contribution in [2.75, 3.05) is 12.3 Å². The van der Waals surface area contributed by atoms with Gasteiger partial charge in [-0.3, -0.25) is 0 Å². The minimum atomic E-state index is -3.55. The van der Waals surface area contributed by atoms with Gasteiger partial charge in [0.15, 0.2) is 0 Å². The van der Waals surface area contributed by atoms with Crippen LogP contribution in [0.3, 0.4) is 0 Å². The highest BCUT2D eigenvalue weighted by Crippen LogP contribution is 2.22. The van der Waals surface area contributed by atoms with E-state index in [1.54, 1.807) is 12.1 Å². The van der Waals surface area contributed by atoms with E-state index < -0.39 is 10.0 Å². The first kappa shape index (κ1) is 14.0. The Bertz CT molecular complexity index is 535. The molecule has 1 aromatic rings. The molecule has 1 rings (SSSR count). The van der Waals surface area contributed by atoms with E-state index in [0.29, 0.717) is 19.4 Å². The molecule has 6 heteroatoms. The number of sulfonamides is 1. The lowest BCUT2D eigenvalue weighted by atomic mass is 10.3. The molecule has 0 aliphatic carbocycles. The summed E-state index contributed by atoms with van der Waals surface area (Å²) in [5, 5.41) is 0. The average molecular weight is 317 g/mol. The number of halogens is 1. The number of hydrogen-bond donors (Lipinski definition) is 2. The largest absolute Gasteiger partial charge is 0.398 e. The number of benzene rings is 1. The lowest BCUT2D eigenvalue weighted by Gasteiger charge is -2.08. The minimum Gasteiger partial charge on any atom is -0.398 e. The summed E-state index contributed by atoms with van der Waals surface area (Å²) in [6.45, 7) is 0.308. The lowest BCUT2D eigenvalue weighted by Crippen LogP contribution is -2.25. The van der Waals surface area contributed by atoms with Crippen LogP contribution in [0.4, 0.5) is 5.69 Å². The molecule has 0 atom stereocenters. The van der Waals surface area contributed by atoms with Crippen LogP contribution in [-0.2, 0) is 10.0 Å². The third kappa shape index (κ3) is 4.04. The van der Waals surface area contributed by atoms with Crippen LogP contribution in [0, 0.1) is 12.3 Å². The van der Waals surface area contributed by atoms with E-state index in [1.807, 2.05) is 0 Å². The van der Waals surface area contributed by atoms with Crippen LogP contribution in [0.25, 0.3) is 0 Å². The predicted octanol–water partition coefficient (Wildman–Crippen LogP) is 1.72. The van der Waals surface area contributed by atoms with Gasteiger partial charge in [0, 0.05) is 17.4 Å². The van der Waals surface area contributed by atoms with Gasteiger partial charge < -0.3 is 5.73 Å². The van der Waals surface area contributed by atoms with Crippen molar-refractivity contribution < 1.29 is 8.42 Å². The number of rotatable bonds is 5. The molecular formula is C11H13BrN2O2S. The number of nitrogens with two attached hydrogens (primary N) is 1. The van der Waals surface area contributed by atoms with Crippen molar-refractivity contribution in [3.63, 3.8) is 0 Å². The first-order chi connectivity index (χ1) is 7.97. The molecule has 0 aliphatic rings. The Kier molecular flexibility index (Phi) is 5.00. The second-order valence-corrected chi connectivity index (χ2v) is 6.04. The summed E-state index contributed by atoms with van der Waals surface area (Å²) < 4.78 is 26.9. The van der Waals surface area contributed by atoms with Crippen molar-refractivity contribution in [2.45, 2.75) is 17.7 Å². The van der Waals surface area contributed by atoms with E-state index in [9.17, 15) is 8.42 Å². The highest BCUT2D eigenvalue weighted by atomic mass is 79.9. The smallest absolute Gasteiger partial charge is 0.242 e. The van der Waals surface area contributed by atoms with Crippen molar-refractivity contribution in [3.8, 4) is 12.3 Å². The molecule has 0 radical (unpaired) electrons. The highest BCUT2D eigenvalue weighted by Gasteiger charge is 2.16. The van der Waals surface area contributed by atoms with E-state index in [4.69, 9.17) is 12.2 Å². The third-order valence-electron chi connectivity index (χ3n) is 2.05. The Balaban J connectivity index is 2.80. The van der Waals surface area contributed by atoms with Crippen LogP contribution < -0.4 is 10.5 Å². The Labute approximate surface area is 110 Å². The highest BCUT2D eigenvalue weighted by molar-refractivity contribution is 9.10. The van der Waals surface area contributed by atoms with E-state index in [0.717, 1.165) is 4.47 Å². The number of hydrogen-bond acceptors (Lipinski definition) is 3. The van der Waals surface area contributed by atoms with Gasteiger partial charge in [-0.1, -0.05) is 15.9 Å². The van der Waals surface area contributed by atoms with Crippen LogP contribution in [-0.4, -0.2) is 15.0 Å². The molecule has 0 spiro atoms. The van der Waals surface area contributed by atoms with Crippen LogP contribution in [0.2, 0.25) is 0 Å². The molecular weight excluding hydrogens is 304 g/mol. The topological polar surface area (TPSA) is 72.2 Å². The summed E-state index contributed by atoms with van der Waals surface area (Å²) in [4.78, 5) is 0.0846. The van der Waals surface area contributed by atoms with Gasteiger partial charge >= 0.3 is 0 Å². The maximum atomic E-state index is 11.9. The van der Waals surface area contributed by atoms with Crippen molar-refractivity contribution in [2.24, 2.45) is 0 Å². The normalized spacial score (nSPS) is 11.1. The fraction of sp³-hybridized carbons (Fsp3) is 0.273. The predicted molar refractivity (Wildman–Crippen MR) is 71.8 cm³/mol. The van der Waals surface area contributed by atoms with E-state index in [1.165, 1.54) is 6.07 Å². The van der Waals surface area contributed by atoms with Crippen molar-refractivity contribution >= 4 is 31.6 Å². The molecule has 0 unspecified atom stereocenters. The van der Waals surface area contributed by atoms with Crippen LogP contribution >= 0.6 is 15.9 Å². The fourth-order valence-corrected chi connectivity index (χ4v) is 2.80. The van der Waals surface area contributed by atoms with Gasteiger partial charge in [0.2, 0.25) is 10.0 Å². The summed E-state index contributed by atoms with van der Waals surface area (Å²) in [5.41, 5.74) is 5.87. The molecule has 0 saturated carbocycles. The van der Waals surface area contributed by atoms with Gasteiger partial charge in [-0.25, -0.2) is 13.1 Å². The number of nitrogens with one attached hydrogen (secondary N) is 1. The second-order valence-electron chi connectivity index (χ2n) is 3.39. The molecule has 3 N–H and O–H groups in total. The molecule has 0 saturated heterocycles. The number of terminal acetylenes is 1. The zero-order valence-electron chi connectivity index (χ0n) is 9.11. The summed E-state index contributed by atoms with van der Waals surface area (Å²) in [7, 11) is -3.55. The third-order valence-corrected chi connectivity index (χ3v) is 4.08. The second kappa shape index (κ2) is 6.05. The van der Waals surface area contributed by atoms with Crippen molar-refractivity contribution in [1.82, 2.24) is 4.72 Å². The van der Waals surface area contributed by atoms with Gasteiger partial charge in [-0.15, -0.1) is 12.3 Å². The quantitative estimate of drug-likeness (QED) is 0.493. The zero-order valence-corrected chi connectivity index (χ0v) is 11.5. The monoisotopic (exact) mass is 316 g/mol. The molecule has 1 aromatic carbocycles. The summed E-state index contributed by atoms with van der Waals surface area (Å²) >= 11 is 3.22. The van der Waals surface area contributed by atoms with Crippen molar-refractivity contribution in [1.29, 1.82) is 0 Å². The first-order valence-electron chi connectivity index (χ1n) is 4.95. The Morgan fingerprint density at radius 3 is 2.76 bits per heavy atom. The van der Waals surface area contributed by atoms with Gasteiger partial charge in [-0.05, 0) is 24.6 Å². The standard InChI is InChI=1S/C11H13BrN2O2S/c1-2-3-4-7-14-17(15,16)11-6-5-9(12)8-10(11)13/h1,5-6,8,14H,3-4,7,13H2. The molecule has 0 aliphatic heterocycles. The lowest BCUT2D eigenvalue weighted by molar-refractivity contribution is 0.580. The molecule has 0 heterocycles. The van der Waals surface area contributed by atoms with Gasteiger partial charge in [0.1, 0.15) is 4.90 Å². The summed E-state index contributed by atoms with van der Waals surface area (Å²) in [6, 6.07) is 4.64. The summed E-state index contributed by atoms with van der Waals surface area (Å²) in [6.07, 6.45) is 6.22. The Morgan fingerprint density at radius 1 is 1.47 bits per heavy atom. The molecule has 0 bridgehead atoms. The molecule has 17 heavy (non-hydrogen) atoms. The maximum Gasteiger partial charge on any atom is 0.242 e. The molecule has 0 fully saturated rings. The molecule has 4 nitrogen and oxygen atoms in total. The van der Waals surface area contributed by atoms with Gasteiger partial charge in [-0.2, -0.15) is 0 Å². The Hall–Kier alpha value is -1.03. The van der Waals surface area contributed by atoms with E-state index in [-0.39, 0.29) is 10.6 Å². The fourth-order valence-electron chi connectivity index (χ4n) is 1.24. The summed E-state index contributed by atoms with van der Waals surface area (Å²) in [5.74, 6) is 2.45. The van der Waals surface area contributed by atoms with Gasteiger partial charge in [0.25, 0.3) is 0 Å². The number of nitrogen functional groups attached to an aromatic ring is 1. The SMILES string of the molecule is C#CCCCNS(=O)(=O)c1ccc(Br)cc1N. The molecule has 0 aromatic heterocycles. The number of anilines is 1. The van der Waals surface area contributed by atoms with Crippen LogP contribution in [0.5, 0.6) is 0 Å². The van der Waals surface area contributed by atoms with Crippen LogP contribution in [0.1, 0.15) is 12.8 Å². The average Bonchev–Trinajstić information content (AvgIpc) is 2.24. The van der Waals surface area contributed by atoms with E-state index >= 15 is 0 Å². The Morgan fingerprint density at radius 2 is 2.18 bits per heavy atom.